The molecule has 0 spiro atoms. The molecule has 5 nitrogen and oxygen atoms in total. The Kier molecular flexibility index (Phi) is 8.78. The number of amides is 2. The van der Waals surface area contributed by atoms with Crippen LogP contribution in [0.1, 0.15) is 33.6 Å². The maximum absolute atomic E-state index is 13.6. The van der Waals surface area contributed by atoms with Crippen molar-refractivity contribution in [3.63, 3.8) is 0 Å². The summed E-state index contributed by atoms with van der Waals surface area (Å²) >= 11 is 13.7. The highest BCUT2D eigenvalue weighted by molar-refractivity contribution is 7.09. The molecule has 3 aromatic rings. The van der Waals surface area contributed by atoms with Crippen LogP contribution >= 0.6 is 34.5 Å². The van der Waals surface area contributed by atoms with Crippen molar-refractivity contribution in [2.45, 2.75) is 32.0 Å². The Labute approximate surface area is 218 Å². The lowest BCUT2D eigenvalue weighted by atomic mass is 10.1. The molecule has 1 fully saturated rings. The van der Waals surface area contributed by atoms with Crippen LogP contribution in [0, 0.1) is 5.82 Å². The van der Waals surface area contributed by atoms with Crippen molar-refractivity contribution < 1.29 is 18.7 Å². The normalized spacial score (nSPS) is 15.2. The third kappa shape index (κ3) is 7.04. The van der Waals surface area contributed by atoms with Gasteiger partial charge in [-0.1, -0.05) is 41.4 Å². The summed E-state index contributed by atoms with van der Waals surface area (Å²) < 4.78 is 19.2. The molecule has 0 radical (unpaired) electrons. The highest BCUT2D eigenvalue weighted by Crippen LogP contribution is 2.24. The summed E-state index contributed by atoms with van der Waals surface area (Å²) in [5.74, 6) is -0.862. The van der Waals surface area contributed by atoms with Crippen LogP contribution in [0.15, 0.2) is 60.0 Å². The largest absolute Gasteiger partial charge is 0.376 e. The van der Waals surface area contributed by atoms with E-state index in [0.717, 1.165) is 23.3 Å². The van der Waals surface area contributed by atoms with Crippen molar-refractivity contribution in [2.24, 2.45) is 0 Å². The Morgan fingerprint density at radius 1 is 1.03 bits per heavy atom. The fourth-order valence-electron chi connectivity index (χ4n) is 3.96. The molecule has 1 saturated heterocycles. The first-order valence-corrected chi connectivity index (χ1v) is 12.9. The van der Waals surface area contributed by atoms with Gasteiger partial charge in [-0.3, -0.25) is 9.59 Å². The average molecular weight is 535 g/mol. The minimum Gasteiger partial charge on any atom is -0.376 e. The zero-order chi connectivity index (χ0) is 24.8. The fourth-order valence-corrected chi connectivity index (χ4v) is 4.98. The molecule has 0 N–H and O–H groups in total. The first-order valence-electron chi connectivity index (χ1n) is 11.3. The van der Waals surface area contributed by atoms with E-state index in [0.29, 0.717) is 36.8 Å². The Bertz CT molecular complexity index is 1150. The number of rotatable bonds is 9. The van der Waals surface area contributed by atoms with Gasteiger partial charge in [-0.15, -0.1) is 11.3 Å². The lowest BCUT2D eigenvalue weighted by Crippen LogP contribution is -2.45. The van der Waals surface area contributed by atoms with E-state index in [4.69, 9.17) is 27.9 Å². The third-order valence-corrected chi connectivity index (χ3v) is 7.39. The first-order chi connectivity index (χ1) is 16.9. The Balaban J connectivity index is 1.56. The van der Waals surface area contributed by atoms with E-state index in [2.05, 4.69) is 0 Å². The van der Waals surface area contributed by atoms with Crippen LogP contribution < -0.4 is 0 Å². The molecular formula is C26H25Cl2FN2O3S. The second kappa shape index (κ2) is 12.0. The van der Waals surface area contributed by atoms with Gasteiger partial charge in [0.25, 0.3) is 5.91 Å². The van der Waals surface area contributed by atoms with Crippen LogP contribution in [0.25, 0.3) is 0 Å². The highest BCUT2D eigenvalue weighted by Gasteiger charge is 2.27. The van der Waals surface area contributed by atoms with Gasteiger partial charge in [-0.2, -0.15) is 0 Å². The monoisotopic (exact) mass is 534 g/mol. The summed E-state index contributed by atoms with van der Waals surface area (Å²) in [5.41, 5.74) is 1.16. The van der Waals surface area contributed by atoms with E-state index < -0.39 is 0 Å². The highest BCUT2D eigenvalue weighted by atomic mass is 35.5. The zero-order valence-corrected chi connectivity index (χ0v) is 21.3. The molecule has 9 heteroatoms. The van der Waals surface area contributed by atoms with Gasteiger partial charge < -0.3 is 14.5 Å². The van der Waals surface area contributed by atoms with Gasteiger partial charge in [-0.05, 0) is 60.2 Å². The predicted octanol–water partition coefficient (Wildman–Crippen LogP) is 6.04. The summed E-state index contributed by atoms with van der Waals surface area (Å²) in [6.45, 7) is 1.51. The molecule has 1 atom stereocenters. The molecule has 2 aromatic carbocycles. The topological polar surface area (TPSA) is 49.9 Å². The van der Waals surface area contributed by atoms with Crippen LogP contribution in [0.2, 0.25) is 10.0 Å². The first kappa shape index (κ1) is 25.6. The summed E-state index contributed by atoms with van der Waals surface area (Å²) in [7, 11) is 0. The standard InChI is InChI=1S/C26H25Cl2FN2O3S/c27-23-10-7-19(13-24(23)28)26(33)31(15-21-3-1-11-34-21)17-25(32)30(16-22-4-2-12-35-22)14-18-5-8-20(29)9-6-18/h2,4-10,12-13,21H,1,3,11,14-17H2. The fraction of sp³-hybridized carbons (Fsp3) is 0.308. The molecule has 1 unspecified atom stereocenters. The molecule has 1 aliphatic heterocycles. The van der Waals surface area contributed by atoms with Crippen molar-refractivity contribution in [2.75, 3.05) is 19.7 Å². The molecule has 0 bridgehead atoms. The van der Waals surface area contributed by atoms with E-state index >= 15 is 0 Å². The lowest BCUT2D eigenvalue weighted by molar-refractivity contribution is -0.133. The van der Waals surface area contributed by atoms with Crippen LogP contribution in [-0.2, 0) is 22.6 Å². The molecule has 35 heavy (non-hydrogen) atoms. The van der Waals surface area contributed by atoms with Gasteiger partial charge in [0, 0.05) is 30.1 Å². The van der Waals surface area contributed by atoms with Gasteiger partial charge in [0.2, 0.25) is 5.91 Å². The van der Waals surface area contributed by atoms with Crippen molar-refractivity contribution in [3.8, 4) is 0 Å². The van der Waals surface area contributed by atoms with E-state index in [1.165, 1.54) is 23.1 Å². The molecule has 0 aliphatic carbocycles. The van der Waals surface area contributed by atoms with Crippen LogP contribution in [0.5, 0.6) is 0 Å². The van der Waals surface area contributed by atoms with Gasteiger partial charge in [0.15, 0.2) is 0 Å². The predicted molar refractivity (Wildman–Crippen MR) is 136 cm³/mol. The van der Waals surface area contributed by atoms with Gasteiger partial charge in [0.05, 0.1) is 22.7 Å². The van der Waals surface area contributed by atoms with Gasteiger partial charge >= 0.3 is 0 Å². The number of thiophene rings is 1. The number of ether oxygens (including phenoxy) is 1. The molecule has 2 heterocycles. The number of hydrogen-bond acceptors (Lipinski definition) is 4. The summed E-state index contributed by atoms with van der Waals surface area (Å²) in [5, 5.41) is 2.58. The van der Waals surface area contributed by atoms with E-state index in [1.807, 2.05) is 17.5 Å². The molecule has 184 valence electrons. The Morgan fingerprint density at radius 3 is 2.49 bits per heavy atom. The second-order valence-corrected chi connectivity index (χ2v) is 10.3. The molecule has 4 rings (SSSR count). The average Bonchev–Trinajstić information content (AvgIpc) is 3.55. The summed E-state index contributed by atoms with van der Waals surface area (Å²) in [6, 6.07) is 14.7. The quantitative estimate of drug-likeness (QED) is 0.336. The van der Waals surface area contributed by atoms with Crippen molar-refractivity contribution in [1.82, 2.24) is 9.80 Å². The van der Waals surface area contributed by atoms with Gasteiger partial charge in [0.1, 0.15) is 12.4 Å². The van der Waals surface area contributed by atoms with Crippen LogP contribution in [0.4, 0.5) is 4.39 Å². The molecular weight excluding hydrogens is 510 g/mol. The summed E-state index contributed by atoms with van der Waals surface area (Å²) in [6.07, 6.45) is 1.62. The minimum absolute atomic E-state index is 0.120. The number of nitrogens with zero attached hydrogens (tertiary/aromatic N) is 2. The van der Waals surface area contributed by atoms with Crippen LogP contribution in [0.3, 0.4) is 0 Å². The zero-order valence-electron chi connectivity index (χ0n) is 19.0. The van der Waals surface area contributed by atoms with E-state index in [1.54, 1.807) is 40.5 Å². The maximum Gasteiger partial charge on any atom is 0.254 e. The van der Waals surface area contributed by atoms with Crippen molar-refractivity contribution in [1.29, 1.82) is 0 Å². The van der Waals surface area contributed by atoms with Gasteiger partial charge in [-0.25, -0.2) is 4.39 Å². The molecule has 2 amide bonds. The minimum atomic E-state index is -0.333. The SMILES string of the molecule is O=C(CN(CC1CCCO1)C(=O)c1ccc(Cl)c(Cl)c1)N(Cc1ccc(F)cc1)Cc1cccs1. The number of halogens is 3. The third-order valence-electron chi connectivity index (χ3n) is 5.79. The number of benzene rings is 2. The molecule has 1 aromatic heterocycles. The maximum atomic E-state index is 13.6. The van der Waals surface area contributed by atoms with E-state index in [-0.39, 0.29) is 35.3 Å². The molecule has 1 aliphatic rings. The lowest BCUT2D eigenvalue weighted by Gasteiger charge is -2.29. The number of carbonyl (C=O) groups is 2. The van der Waals surface area contributed by atoms with Crippen molar-refractivity contribution >= 4 is 46.4 Å². The smallest absolute Gasteiger partial charge is 0.254 e. The van der Waals surface area contributed by atoms with E-state index in [9.17, 15) is 14.0 Å². The number of hydrogen-bond donors (Lipinski definition) is 0. The Hall–Kier alpha value is -2.45. The molecule has 0 saturated carbocycles. The Morgan fingerprint density at radius 2 is 1.83 bits per heavy atom. The number of carbonyl (C=O) groups excluding carboxylic acids is 2. The summed E-state index contributed by atoms with van der Waals surface area (Å²) in [4.78, 5) is 31.2. The van der Waals surface area contributed by atoms with Crippen LogP contribution in [-0.4, -0.2) is 47.4 Å². The second-order valence-electron chi connectivity index (χ2n) is 8.41. The van der Waals surface area contributed by atoms with Crippen molar-refractivity contribution in [3.05, 3.63) is 91.8 Å².